The number of ether oxygens (including phenoxy) is 1. The van der Waals surface area contributed by atoms with Crippen LogP contribution in [0.15, 0.2) is 36.4 Å². The first-order valence-electron chi connectivity index (χ1n) is 5.65. The van der Waals surface area contributed by atoms with Crippen LogP contribution in [0.4, 0.5) is 8.78 Å². The lowest BCUT2D eigenvalue weighted by molar-refractivity contribution is 0.464. The number of rotatable bonds is 3. The molecule has 0 spiro atoms. The average molecular weight is 284 g/mol. The van der Waals surface area contributed by atoms with Gasteiger partial charge < -0.3 is 10.5 Å². The van der Waals surface area contributed by atoms with Crippen molar-refractivity contribution in [1.29, 1.82) is 0 Å². The van der Waals surface area contributed by atoms with Gasteiger partial charge in [-0.2, -0.15) is 0 Å². The van der Waals surface area contributed by atoms with Crippen molar-refractivity contribution in [3.05, 3.63) is 58.6 Å². The predicted molar refractivity (Wildman–Crippen MR) is 70.5 cm³/mol. The zero-order chi connectivity index (χ0) is 14.0. The van der Waals surface area contributed by atoms with E-state index < -0.39 is 17.7 Å². The second-order valence-electron chi connectivity index (χ2n) is 4.15. The largest absolute Gasteiger partial charge is 0.457 e. The van der Waals surface area contributed by atoms with Crippen molar-refractivity contribution < 1.29 is 13.5 Å². The molecule has 19 heavy (non-hydrogen) atoms. The zero-order valence-electron chi connectivity index (χ0n) is 10.2. The molecule has 1 atom stereocenters. The molecule has 2 rings (SSSR count). The van der Waals surface area contributed by atoms with Gasteiger partial charge in [0.15, 0.2) is 0 Å². The summed E-state index contributed by atoms with van der Waals surface area (Å²) in [5.74, 6) is -0.320. The van der Waals surface area contributed by atoms with E-state index in [1.54, 1.807) is 6.92 Å². The maximum atomic E-state index is 13.3. The molecule has 100 valence electrons. The van der Waals surface area contributed by atoms with Crippen LogP contribution in [0.2, 0.25) is 5.02 Å². The van der Waals surface area contributed by atoms with E-state index in [1.165, 1.54) is 30.3 Å². The smallest absolute Gasteiger partial charge is 0.145 e. The van der Waals surface area contributed by atoms with Crippen LogP contribution in [0.1, 0.15) is 18.5 Å². The summed E-state index contributed by atoms with van der Waals surface area (Å²) in [6.45, 7) is 1.71. The third-order valence-corrected chi connectivity index (χ3v) is 2.89. The Kier molecular flexibility index (Phi) is 4.02. The molecular formula is C14H12ClF2NO. The van der Waals surface area contributed by atoms with Crippen molar-refractivity contribution >= 4 is 11.6 Å². The van der Waals surface area contributed by atoms with Gasteiger partial charge in [0.25, 0.3) is 0 Å². The fourth-order valence-corrected chi connectivity index (χ4v) is 1.75. The van der Waals surface area contributed by atoms with Crippen molar-refractivity contribution in [2.45, 2.75) is 13.0 Å². The Hall–Kier alpha value is -1.65. The van der Waals surface area contributed by atoms with E-state index in [4.69, 9.17) is 22.1 Å². The van der Waals surface area contributed by atoms with Gasteiger partial charge in [-0.05, 0) is 37.3 Å². The summed E-state index contributed by atoms with van der Waals surface area (Å²) in [6, 6.07) is 7.70. The van der Waals surface area contributed by atoms with Crippen LogP contribution < -0.4 is 10.5 Å². The predicted octanol–water partition coefficient (Wildman–Crippen LogP) is 4.43. The van der Waals surface area contributed by atoms with Gasteiger partial charge in [0.1, 0.15) is 23.1 Å². The molecule has 0 aliphatic heterocycles. The standard InChI is InChI=1S/C14H12ClF2NO/c1-8(18)11-6-9(16)2-5-14(11)19-10-3-4-12(15)13(17)7-10/h2-8H,18H2,1H3/t8-/m1/s1. The van der Waals surface area contributed by atoms with Crippen LogP contribution in [0.25, 0.3) is 0 Å². The Morgan fingerprint density at radius 3 is 2.53 bits per heavy atom. The van der Waals surface area contributed by atoms with E-state index in [-0.39, 0.29) is 10.8 Å². The maximum Gasteiger partial charge on any atom is 0.145 e. The van der Waals surface area contributed by atoms with E-state index >= 15 is 0 Å². The molecule has 0 radical (unpaired) electrons. The van der Waals surface area contributed by atoms with Crippen LogP contribution in [-0.2, 0) is 0 Å². The Bertz CT molecular complexity index is 602. The number of halogens is 3. The molecule has 0 heterocycles. The number of benzene rings is 2. The molecule has 5 heteroatoms. The summed E-state index contributed by atoms with van der Waals surface area (Å²) in [4.78, 5) is 0. The highest BCUT2D eigenvalue weighted by molar-refractivity contribution is 6.30. The van der Waals surface area contributed by atoms with Crippen molar-refractivity contribution in [2.24, 2.45) is 5.73 Å². The van der Waals surface area contributed by atoms with Gasteiger partial charge in [-0.1, -0.05) is 11.6 Å². The average Bonchev–Trinajstić information content (AvgIpc) is 2.36. The third-order valence-electron chi connectivity index (χ3n) is 2.58. The molecule has 0 fully saturated rings. The highest BCUT2D eigenvalue weighted by Crippen LogP contribution is 2.30. The summed E-state index contributed by atoms with van der Waals surface area (Å²) in [5, 5.41) is 0.0128. The van der Waals surface area contributed by atoms with Gasteiger partial charge in [0.05, 0.1) is 5.02 Å². The Morgan fingerprint density at radius 1 is 1.16 bits per heavy atom. The molecule has 2 aromatic rings. The summed E-state index contributed by atoms with van der Waals surface area (Å²) in [6.07, 6.45) is 0. The molecule has 2 nitrogen and oxygen atoms in total. The monoisotopic (exact) mass is 283 g/mol. The van der Waals surface area contributed by atoms with Crippen LogP contribution in [0.5, 0.6) is 11.5 Å². The molecule has 0 aliphatic rings. The topological polar surface area (TPSA) is 35.2 Å². The van der Waals surface area contributed by atoms with E-state index in [1.807, 2.05) is 0 Å². The fourth-order valence-electron chi connectivity index (χ4n) is 1.64. The van der Waals surface area contributed by atoms with Gasteiger partial charge >= 0.3 is 0 Å². The molecule has 0 amide bonds. The summed E-state index contributed by atoms with van der Waals surface area (Å²) in [7, 11) is 0. The summed E-state index contributed by atoms with van der Waals surface area (Å²) >= 11 is 5.59. The highest BCUT2D eigenvalue weighted by Gasteiger charge is 2.11. The van der Waals surface area contributed by atoms with Crippen molar-refractivity contribution in [3.8, 4) is 11.5 Å². The SMILES string of the molecule is C[C@@H](N)c1cc(F)ccc1Oc1ccc(Cl)c(F)c1. The molecule has 0 bridgehead atoms. The quantitative estimate of drug-likeness (QED) is 0.904. The molecule has 2 aromatic carbocycles. The van der Waals surface area contributed by atoms with E-state index in [2.05, 4.69) is 0 Å². The van der Waals surface area contributed by atoms with Gasteiger partial charge in [-0.25, -0.2) is 8.78 Å². The first kappa shape index (κ1) is 13.8. The Morgan fingerprint density at radius 2 is 1.89 bits per heavy atom. The maximum absolute atomic E-state index is 13.3. The molecule has 0 aromatic heterocycles. The number of hydrogen-bond acceptors (Lipinski definition) is 2. The minimum absolute atomic E-state index is 0.0128. The van der Waals surface area contributed by atoms with E-state index in [9.17, 15) is 8.78 Å². The summed E-state index contributed by atoms with van der Waals surface area (Å²) in [5.41, 5.74) is 6.26. The Labute approximate surface area is 114 Å². The van der Waals surface area contributed by atoms with Crippen LogP contribution in [-0.4, -0.2) is 0 Å². The third kappa shape index (κ3) is 3.22. The van der Waals surface area contributed by atoms with Gasteiger partial charge in [-0.15, -0.1) is 0 Å². The molecule has 0 aliphatic carbocycles. The van der Waals surface area contributed by atoms with Crippen LogP contribution in [0, 0.1) is 11.6 Å². The first-order chi connectivity index (χ1) is 8.97. The number of hydrogen-bond donors (Lipinski definition) is 1. The second kappa shape index (κ2) is 5.55. The lowest BCUT2D eigenvalue weighted by Gasteiger charge is -2.14. The minimum Gasteiger partial charge on any atom is -0.457 e. The van der Waals surface area contributed by atoms with Crippen molar-refractivity contribution in [3.63, 3.8) is 0 Å². The van der Waals surface area contributed by atoms with Crippen molar-refractivity contribution in [2.75, 3.05) is 0 Å². The normalized spacial score (nSPS) is 12.3. The molecule has 2 N–H and O–H groups in total. The summed E-state index contributed by atoms with van der Waals surface area (Å²) < 4.78 is 32.0. The lowest BCUT2D eigenvalue weighted by atomic mass is 10.1. The van der Waals surface area contributed by atoms with Gasteiger partial charge in [0, 0.05) is 17.7 Å². The lowest BCUT2D eigenvalue weighted by Crippen LogP contribution is -2.07. The van der Waals surface area contributed by atoms with Crippen LogP contribution >= 0.6 is 11.6 Å². The van der Waals surface area contributed by atoms with Gasteiger partial charge in [-0.3, -0.25) is 0 Å². The molecule has 0 unspecified atom stereocenters. The van der Waals surface area contributed by atoms with Crippen molar-refractivity contribution in [1.82, 2.24) is 0 Å². The van der Waals surface area contributed by atoms with Crippen LogP contribution in [0.3, 0.4) is 0 Å². The number of nitrogens with two attached hydrogens (primary N) is 1. The van der Waals surface area contributed by atoms with E-state index in [0.29, 0.717) is 11.3 Å². The molecule has 0 saturated heterocycles. The fraction of sp³-hybridized carbons (Fsp3) is 0.143. The molecular weight excluding hydrogens is 272 g/mol. The minimum atomic E-state index is -0.580. The van der Waals surface area contributed by atoms with E-state index in [0.717, 1.165) is 6.07 Å². The molecule has 0 saturated carbocycles. The second-order valence-corrected chi connectivity index (χ2v) is 4.56. The first-order valence-corrected chi connectivity index (χ1v) is 6.03. The Balaban J connectivity index is 2.35. The zero-order valence-corrected chi connectivity index (χ0v) is 10.9. The van der Waals surface area contributed by atoms with Gasteiger partial charge in [0.2, 0.25) is 0 Å². The highest BCUT2D eigenvalue weighted by atomic mass is 35.5.